The van der Waals surface area contributed by atoms with Crippen LogP contribution in [0.15, 0.2) is 40.4 Å². The Morgan fingerprint density at radius 3 is 2.75 bits per heavy atom. The van der Waals surface area contributed by atoms with Crippen LogP contribution >= 0.6 is 23.1 Å². The Morgan fingerprint density at radius 1 is 1.40 bits per heavy atom. The predicted molar refractivity (Wildman–Crippen MR) is 72.6 cm³/mol. The highest BCUT2D eigenvalue weighted by Gasteiger charge is 2.49. The maximum atomic E-state index is 11.4. The molecule has 1 aromatic heterocycles. The molecule has 0 fully saturated rings. The first kappa shape index (κ1) is 12.9. The molecule has 1 aromatic carbocycles. The number of carboxylic acids is 1. The standard InChI is InChI=1S/C12H7NO5S2/c14-7-5-12(10(16)17,18-9(7)15)20-11-13-6-3-1-2-4-8(6)19-11/h1-5,14H,(H,16,17). The predicted octanol–water partition coefficient (Wildman–Crippen LogP) is 2.17. The van der Waals surface area contributed by atoms with Crippen LogP contribution in [0.1, 0.15) is 0 Å². The Labute approximate surface area is 120 Å². The molecule has 0 bridgehead atoms. The number of fused-ring (bicyclic) bond motifs is 1. The summed E-state index contributed by atoms with van der Waals surface area (Å²) in [5, 5.41) is 18.6. The van der Waals surface area contributed by atoms with Gasteiger partial charge in [0.25, 0.3) is 4.93 Å². The first-order chi connectivity index (χ1) is 9.50. The topological polar surface area (TPSA) is 96.7 Å². The Kier molecular flexibility index (Phi) is 2.91. The zero-order valence-corrected chi connectivity index (χ0v) is 11.4. The Hall–Kier alpha value is -2.06. The molecule has 0 aliphatic carbocycles. The molecule has 0 spiro atoms. The summed E-state index contributed by atoms with van der Waals surface area (Å²) in [6.07, 6.45) is 0.883. The van der Waals surface area contributed by atoms with E-state index in [4.69, 9.17) is 4.74 Å². The van der Waals surface area contributed by atoms with Crippen LogP contribution in [0, 0.1) is 0 Å². The van der Waals surface area contributed by atoms with Crippen molar-refractivity contribution in [1.29, 1.82) is 0 Å². The third-order valence-corrected chi connectivity index (χ3v) is 4.87. The Morgan fingerprint density at radius 2 is 2.15 bits per heavy atom. The molecule has 20 heavy (non-hydrogen) atoms. The minimum Gasteiger partial charge on any atom is -0.502 e. The summed E-state index contributed by atoms with van der Waals surface area (Å²) in [6, 6.07) is 7.34. The Balaban J connectivity index is 1.99. The lowest BCUT2D eigenvalue weighted by atomic mass is 10.3. The van der Waals surface area contributed by atoms with Crippen LogP contribution < -0.4 is 0 Å². The minimum absolute atomic E-state index is 0.437. The smallest absolute Gasteiger partial charge is 0.375 e. The molecule has 8 heteroatoms. The van der Waals surface area contributed by atoms with E-state index >= 15 is 0 Å². The second-order valence-corrected chi connectivity index (χ2v) is 6.43. The second-order valence-electron chi connectivity index (χ2n) is 3.94. The lowest BCUT2D eigenvalue weighted by Gasteiger charge is -2.18. The molecule has 102 valence electrons. The number of aromatic nitrogens is 1. The van der Waals surface area contributed by atoms with Gasteiger partial charge < -0.3 is 14.9 Å². The lowest BCUT2D eigenvalue weighted by Crippen LogP contribution is -2.34. The van der Waals surface area contributed by atoms with Crippen LogP contribution in [0.4, 0.5) is 0 Å². The summed E-state index contributed by atoms with van der Waals surface area (Å²) in [6.45, 7) is 0. The SMILES string of the molecule is O=C1OC(Sc2nc3ccccc3s2)(C(=O)O)C=C1O. The summed E-state index contributed by atoms with van der Waals surface area (Å²) in [5.41, 5.74) is 0.734. The second kappa shape index (κ2) is 4.50. The van der Waals surface area contributed by atoms with Crippen molar-refractivity contribution in [3.05, 3.63) is 36.1 Å². The number of carboxylic acid groups (broad SMARTS) is 1. The van der Waals surface area contributed by atoms with Crippen LogP contribution in [0.5, 0.6) is 0 Å². The van der Waals surface area contributed by atoms with Crippen LogP contribution in [0.2, 0.25) is 0 Å². The van der Waals surface area contributed by atoms with Crippen LogP contribution in [0.3, 0.4) is 0 Å². The van der Waals surface area contributed by atoms with Gasteiger partial charge in [0, 0.05) is 6.08 Å². The van der Waals surface area contributed by atoms with Gasteiger partial charge in [0.05, 0.1) is 10.2 Å². The molecule has 1 atom stereocenters. The van der Waals surface area contributed by atoms with Gasteiger partial charge >= 0.3 is 11.9 Å². The molecule has 6 nitrogen and oxygen atoms in total. The molecule has 2 heterocycles. The highest BCUT2D eigenvalue weighted by Crippen LogP contribution is 2.42. The molecule has 0 amide bonds. The number of ether oxygens (including phenoxy) is 1. The first-order valence-electron chi connectivity index (χ1n) is 5.43. The minimum atomic E-state index is -1.96. The fourth-order valence-corrected chi connectivity index (χ4v) is 3.97. The number of rotatable bonds is 3. The normalized spacial score (nSPS) is 21.8. The zero-order valence-electron chi connectivity index (χ0n) is 9.77. The van der Waals surface area contributed by atoms with Gasteiger partial charge in [-0.3, -0.25) is 0 Å². The van der Waals surface area contributed by atoms with Crippen molar-refractivity contribution in [3.8, 4) is 0 Å². The molecule has 2 aromatic rings. The van der Waals surface area contributed by atoms with E-state index in [-0.39, 0.29) is 0 Å². The maximum absolute atomic E-state index is 11.4. The van der Waals surface area contributed by atoms with E-state index in [1.807, 2.05) is 18.2 Å². The number of thioether (sulfide) groups is 1. The lowest BCUT2D eigenvalue weighted by molar-refractivity contribution is -0.159. The van der Waals surface area contributed by atoms with Crippen molar-refractivity contribution in [2.45, 2.75) is 9.27 Å². The van der Waals surface area contributed by atoms with Gasteiger partial charge in [0.15, 0.2) is 4.34 Å². The fraction of sp³-hybridized carbons (Fsp3) is 0.0833. The van der Waals surface area contributed by atoms with E-state index < -0.39 is 22.6 Å². The molecule has 3 rings (SSSR count). The number of hydrogen-bond acceptors (Lipinski definition) is 7. The number of carbonyl (C=O) groups excluding carboxylic acids is 1. The third kappa shape index (κ3) is 2.02. The molecule has 1 aliphatic heterocycles. The van der Waals surface area contributed by atoms with Gasteiger partial charge in [-0.05, 0) is 23.9 Å². The average molecular weight is 309 g/mol. The molecule has 2 N–H and O–H groups in total. The summed E-state index contributed by atoms with van der Waals surface area (Å²) in [5.74, 6) is -3.14. The maximum Gasteiger partial charge on any atom is 0.375 e. The van der Waals surface area contributed by atoms with Gasteiger partial charge in [-0.15, -0.1) is 11.3 Å². The molecule has 1 aliphatic rings. The first-order valence-corrected chi connectivity index (χ1v) is 7.07. The average Bonchev–Trinajstić information content (AvgIpc) is 2.91. The van der Waals surface area contributed by atoms with Crippen molar-refractivity contribution >= 4 is 45.3 Å². The van der Waals surface area contributed by atoms with Crippen LogP contribution in [-0.2, 0) is 14.3 Å². The number of aliphatic carboxylic acids is 1. The van der Waals surface area contributed by atoms with Gasteiger partial charge in [0.2, 0.25) is 5.76 Å². The fourth-order valence-electron chi connectivity index (χ4n) is 1.68. The van der Waals surface area contributed by atoms with E-state index in [1.165, 1.54) is 11.3 Å². The van der Waals surface area contributed by atoms with Gasteiger partial charge in [-0.1, -0.05) is 12.1 Å². The van der Waals surface area contributed by atoms with Crippen molar-refractivity contribution < 1.29 is 24.5 Å². The number of nitrogens with zero attached hydrogens (tertiary/aromatic N) is 1. The number of cyclic esters (lactones) is 1. The number of hydrogen-bond donors (Lipinski definition) is 2. The molecular formula is C12H7NO5S2. The van der Waals surface area contributed by atoms with E-state index in [2.05, 4.69) is 4.98 Å². The van der Waals surface area contributed by atoms with Crippen molar-refractivity contribution in [2.24, 2.45) is 0 Å². The monoisotopic (exact) mass is 309 g/mol. The molecule has 0 saturated carbocycles. The largest absolute Gasteiger partial charge is 0.502 e. The van der Waals surface area contributed by atoms with Crippen molar-refractivity contribution in [1.82, 2.24) is 4.98 Å². The third-order valence-electron chi connectivity index (χ3n) is 2.59. The summed E-state index contributed by atoms with van der Waals surface area (Å²) < 4.78 is 6.10. The quantitative estimate of drug-likeness (QED) is 0.839. The van der Waals surface area contributed by atoms with E-state index in [9.17, 15) is 19.8 Å². The Bertz CT molecular complexity index is 720. The number of carbonyl (C=O) groups is 2. The number of aliphatic hydroxyl groups is 1. The van der Waals surface area contributed by atoms with Crippen molar-refractivity contribution in [3.63, 3.8) is 0 Å². The highest BCUT2D eigenvalue weighted by atomic mass is 32.2. The van der Waals surface area contributed by atoms with Gasteiger partial charge in [-0.25, -0.2) is 14.6 Å². The number of thiazole rings is 1. The number of esters is 1. The van der Waals surface area contributed by atoms with Crippen molar-refractivity contribution in [2.75, 3.05) is 0 Å². The van der Waals surface area contributed by atoms with Crippen LogP contribution in [0.25, 0.3) is 10.2 Å². The number of para-hydroxylation sites is 1. The molecule has 0 radical (unpaired) electrons. The zero-order chi connectivity index (χ0) is 14.3. The van der Waals surface area contributed by atoms with Gasteiger partial charge in [-0.2, -0.15) is 0 Å². The summed E-state index contributed by atoms with van der Waals surface area (Å²) in [7, 11) is 0. The van der Waals surface area contributed by atoms with E-state index in [1.54, 1.807) is 6.07 Å². The molecule has 0 saturated heterocycles. The number of aliphatic hydroxyl groups excluding tert-OH is 1. The molecule has 1 unspecified atom stereocenters. The number of benzene rings is 1. The summed E-state index contributed by atoms with van der Waals surface area (Å²) >= 11 is 2.06. The molecular weight excluding hydrogens is 302 g/mol. The van der Waals surface area contributed by atoms with E-state index in [0.717, 1.165) is 28.1 Å². The van der Waals surface area contributed by atoms with E-state index in [0.29, 0.717) is 4.34 Å². The van der Waals surface area contributed by atoms with Crippen LogP contribution in [-0.4, -0.2) is 32.1 Å². The highest BCUT2D eigenvalue weighted by molar-refractivity contribution is 8.03. The summed E-state index contributed by atoms with van der Waals surface area (Å²) in [4.78, 5) is 24.9. The van der Waals surface area contributed by atoms with Gasteiger partial charge in [0.1, 0.15) is 0 Å².